The molecule has 88 valence electrons. The van der Waals surface area contributed by atoms with Gasteiger partial charge >= 0.3 is 0 Å². The lowest BCUT2D eigenvalue weighted by molar-refractivity contribution is 0.425. The van der Waals surface area contributed by atoms with Gasteiger partial charge in [-0.25, -0.2) is 0 Å². The van der Waals surface area contributed by atoms with Gasteiger partial charge in [-0.15, -0.1) is 0 Å². The van der Waals surface area contributed by atoms with Crippen LogP contribution < -0.4 is 5.73 Å². The zero-order valence-corrected chi connectivity index (χ0v) is 9.89. The van der Waals surface area contributed by atoms with Gasteiger partial charge in [0.2, 0.25) is 5.88 Å². The fourth-order valence-corrected chi connectivity index (χ4v) is 2.91. The number of nitrogen functional groups attached to an aromatic ring is 1. The normalized spacial score (nSPS) is 23.4. The predicted octanol–water partition coefficient (Wildman–Crippen LogP) is 3.09. The van der Waals surface area contributed by atoms with E-state index in [-0.39, 0.29) is 0 Å². The number of rotatable bonds is 1. The van der Waals surface area contributed by atoms with Gasteiger partial charge in [0.15, 0.2) is 0 Å². The van der Waals surface area contributed by atoms with Gasteiger partial charge in [-0.3, -0.25) is 0 Å². The molecule has 17 heavy (non-hydrogen) atoms. The van der Waals surface area contributed by atoms with Crippen molar-refractivity contribution in [1.29, 1.82) is 0 Å². The summed E-state index contributed by atoms with van der Waals surface area (Å²) in [6.07, 6.45) is 2.07. The van der Waals surface area contributed by atoms with E-state index in [4.69, 9.17) is 10.3 Å². The van der Waals surface area contributed by atoms with Crippen LogP contribution in [-0.4, -0.2) is 5.16 Å². The Morgan fingerprint density at radius 3 is 2.82 bits per heavy atom. The van der Waals surface area contributed by atoms with Crippen LogP contribution in [-0.2, 0) is 6.42 Å². The maximum Gasteiger partial charge on any atom is 0.225 e. The molecule has 2 unspecified atom stereocenters. The number of hydrogen-bond donors (Lipinski definition) is 1. The Hall–Kier alpha value is -1.77. The van der Waals surface area contributed by atoms with Crippen LogP contribution >= 0.6 is 0 Å². The molecule has 3 rings (SSSR count). The molecule has 1 aliphatic rings. The predicted molar refractivity (Wildman–Crippen MR) is 66.8 cm³/mol. The van der Waals surface area contributed by atoms with Gasteiger partial charge in [0.05, 0.1) is 5.69 Å². The van der Waals surface area contributed by atoms with Gasteiger partial charge in [-0.2, -0.15) is 0 Å². The molecule has 0 amide bonds. The second kappa shape index (κ2) is 3.91. The molecule has 0 aliphatic heterocycles. The Kier molecular flexibility index (Phi) is 2.39. The van der Waals surface area contributed by atoms with Crippen molar-refractivity contribution < 1.29 is 4.52 Å². The van der Waals surface area contributed by atoms with Gasteiger partial charge in [0, 0.05) is 5.56 Å². The summed E-state index contributed by atoms with van der Waals surface area (Å²) in [4.78, 5) is 0. The molecule has 0 fully saturated rings. The zero-order chi connectivity index (χ0) is 11.8. The molecule has 0 bridgehead atoms. The molecule has 0 saturated carbocycles. The van der Waals surface area contributed by atoms with E-state index in [1.165, 1.54) is 5.56 Å². The highest BCUT2D eigenvalue weighted by Gasteiger charge is 2.32. The van der Waals surface area contributed by atoms with E-state index >= 15 is 0 Å². The summed E-state index contributed by atoms with van der Waals surface area (Å²) in [6.45, 7) is 2.21. The first-order valence-electron chi connectivity index (χ1n) is 6.06. The van der Waals surface area contributed by atoms with E-state index < -0.39 is 0 Å². The van der Waals surface area contributed by atoms with E-state index in [1.807, 2.05) is 0 Å². The standard InChI is InChI=1S/C14H16N2O/c1-9-11(10-5-3-2-4-6-10)7-8-12-13(9)14(15)17-16-12/h2-6,9,11H,7-8,15H2,1H3. The lowest BCUT2D eigenvalue weighted by Crippen LogP contribution is -2.17. The van der Waals surface area contributed by atoms with E-state index in [9.17, 15) is 0 Å². The molecule has 1 aromatic carbocycles. The number of nitrogens with two attached hydrogens (primary N) is 1. The van der Waals surface area contributed by atoms with E-state index in [2.05, 4.69) is 42.4 Å². The maximum atomic E-state index is 5.86. The Balaban J connectivity index is 1.99. The van der Waals surface area contributed by atoms with Crippen LogP contribution in [0.3, 0.4) is 0 Å². The summed E-state index contributed by atoms with van der Waals surface area (Å²) in [6, 6.07) is 10.6. The third kappa shape index (κ3) is 1.62. The third-order valence-corrected chi connectivity index (χ3v) is 3.81. The van der Waals surface area contributed by atoms with E-state index in [0.717, 1.165) is 24.1 Å². The molecule has 2 aromatic rings. The minimum Gasteiger partial charge on any atom is -0.367 e. The quantitative estimate of drug-likeness (QED) is 0.816. The highest BCUT2D eigenvalue weighted by atomic mass is 16.5. The van der Waals surface area contributed by atoms with Crippen molar-refractivity contribution in [3.8, 4) is 0 Å². The minimum absolute atomic E-state index is 0.382. The molecule has 2 atom stereocenters. The van der Waals surface area contributed by atoms with Crippen LogP contribution in [0.25, 0.3) is 0 Å². The molecule has 0 radical (unpaired) electrons. The Bertz CT molecular complexity index is 518. The molecule has 1 aromatic heterocycles. The lowest BCUT2D eigenvalue weighted by atomic mass is 9.75. The number of nitrogens with zero attached hydrogens (tertiary/aromatic N) is 1. The molecule has 3 nitrogen and oxygen atoms in total. The summed E-state index contributed by atoms with van der Waals surface area (Å²) in [5, 5.41) is 4.03. The molecular formula is C14H16N2O. The molecule has 0 spiro atoms. The van der Waals surface area contributed by atoms with E-state index in [0.29, 0.717) is 17.7 Å². The van der Waals surface area contributed by atoms with Crippen molar-refractivity contribution in [3.05, 3.63) is 47.2 Å². The van der Waals surface area contributed by atoms with Crippen molar-refractivity contribution in [2.45, 2.75) is 31.6 Å². The summed E-state index contributed by atoms with van der Waals surface area (Å²) in [7, 11) is 0. The number of anilines is 1. The van der Waals surface area contributed by atoms with Crippen LogP contribution in [0.2, 0.25) is 0 Å². The third-order valence-electron chi connectivity index (χ3n) is 3.81. The number of aryl methyl sites for hydroxylation is 1. The first-order valence-corrected chi connectivity index (χ1v) is 6.06. The highest BCUT2D eigenvalue weighted by molar-refractivity contribution is 5.45. The van der Waals surface area contributed by atoms with Crippen LogP contribution in [0.4, 0.5) is 5.88 Å². The summed E-state index contributed by atoms with van der Waals surface area (Å²) in [5.41, 5.74) is 9.40. The number of fused-ring (bicyclic) bond motifs is 1. The van der Waals surface area contributed by atoms with Crippen LogP contribution in [0, 0.1) is 0 Å². The molecule has 0 saturated heterocycles. The second-order valence-corrected chi connectivity index (χ2v) is 4.75. The second-order valence-electron chi connectivity index (χ2n) is 4.75. The van der Waals surface area contributed by atoms with Gasteiger partial charge in [0.25, 0.3) is 0 Å². The van der Waals surface area contributed by atoms with Crippen molar-refractivity contribution in [2.75, 3.05) is 5.73 Å². The van der Waals surface area contributed by atoms with Gasteiger partial charge in [-0.05, 0) is 30.2 Å². The smallest absolute Gasteiger partial charge is 0.225 e. The first-order chi connectivity index (χ1) is 8.27. The summed E-state index contributed by atoms with van der Waals surface area (Å²) < 4.78 is 5.10. The van der Waals surface area contributed by atoms with Crippen molar-refractivity contribution in [1.82, 2.24) is 5.16 Å². The zero-order valence-electron chi connectivity index (χ0n) is 9.89. The monoisotopic (exact) mass is 228 g/mol. The summed E-state index contributed by atoms with van der Waals surface area (Å²) in [5.74, 6) is 1.39. The fraction of sp³-hybridized carbons (Fsp3) is 0.357. The van der Waals surface area contributed by atoms with E-state index in [1.54, 1.807) is 0 Å². The van der Waals surface area contributed by atoms with Crippen LogP contribution in [0.5, 0.6) is 0 Å². The lowest BCUT2D eigenvalue weighted by Gasteiger charge is -2.28. The number of aromatic nitrogens is 1. The molecule has 3 heteroatoms. The topological polar surface area (TPSA) is 52.0 Å². The summed E-state index contributed by atoms with van der Waals surface area (Å²) >= 11 is 0. The van der Waals surface area contributed by atoms with Crippen LogP contribution in [0.1, 0.15) is 42.0 Å². The average molecular weight is 228 g/mol. The highest BCUT2D eigenvalue weighted by Crippen LogP contribution is 2.43. The fourth-order valence-electron chi connectivity index (χ4n) is 2.91. The molecule has 1 aliphatic carbocycles. The van der Waals surface area contributed by atoms with Crippen molar-refractivity contribution >= 4 is 5.88 Å². The largest absolute Gasteiger partial charge is 0.367 e. The molecular weight excluding hydrogens is 212 g/mol. The number of benzene rings is 1. The van der Waals surface area contributed by atoms with Crippen molar-refractivity contribution in [2.24, 2.45) is 0 Å². The average Bonchev–Trinajstić information content (AvgIpc) is 2.73. The number of hydrogen-bond acceptors (Lipinski definition) is 3. The Morgan fingerprint density at radius 1 is 1.29 bits per heavy atom. The Labute approximate surface area is 101 Å². The molecule has 1 heterocycles. The maximum absolute atomic E-state index is 5.86. The first kappa shape index (κ1) is 10.4. The van der Waals surface area contributed by atoms with Gasteiger partial charge in [-0.1, -0.05) is 42.4 Å². The van der Waals surface area contributed by atoms with Crippen molar-refractivity contribution in [3.63, 3.8) is 0 Å². The molecule has 2 N–H and O–H groups in total. The minimum atomic E-state index is 0.382. The SMILES string of the molecule is CC1c2c(noc2N)CCC1c1ccccc1. The van der Waals surface area contributed by atoms with Gasteiger partial charge < -0.3 is 10.3 Å². The van der Waals surface area contributed by atoms with Gasteiger partial charge in [0.1, 0.15) is 0 Å². The Morgan fingerprint density at radius 2 is 2.06 bits per heavy atom. The van der Waals surface area contributed by atoms with Crippen LogP contribution in [0.15, 0.2) is 34.9 Å².